The van der Waals surface area contributed by atoms with Crippen molar-refractivity contribution in [3.8, 4) is 0 Å². The lowest BCUT2D eigenvalue weighted by Gasteiger charge is -2.28. The third-order valence-electron chi connectivity index (χ3n) is 5.57. The van der Waals surface area contributed by atoms with Gasteiger partial charge in [-0.25, -0.2) is 9.98 Å². The van der Waals surface area contributed by atoms with Gasteiger partial charge in [0.15, 0.2) is 0 Å². The first kappa shape index (κ1) is 23.4. The van der Waals surface area contributed by atoms with Gasteiger partial charge in [0.2, 0.25) is 0 Å². The molecule has 0 bridgehead atoms. The minimum absolute atomic E-state index is 0.0855. The van der Waals surface area contributed by atoms with Gasteiger partial charge in [0.05, 0.1) is 35.4 Å². The van der Waals surface area contributed by atoms with Crippen LogP contribution in [-0.4, -0.2) is 33.7 Å². The average molecular weight is 477 g/mol. The molecule has 8 heteroatoms. The number of carbonyl (C=O) groups excluding carboxylic acids is 1. The highest BCUT2D eigenvalue weighted by Gasteiger charge is 2.24. The minimum atomic E-state index is -0.789. The quantitative estimate of drug-likeness (QED) is 0.290. The Morgan fingerprint density at radius 1 is 1.03 bits per heavy atom. The van der Waals surface area contributed by atoms with Crippen molar-refractivity contribution < 1.29 is 14.7 Å². The molecule has 0 aliphatic carbocycles. The van der Waals surface area contributed by atoms with Crippen molar-refractivity contribution in [1.82, 2.24) is 10.3 Å². The monoisotopic (exact) mass is 476 g/mol. The molecular formula is C26H25ClN4O3. The Morgan fingerprint density at radius 2 is 1.85 bits per heavy atom. The van der Waals surface area contributed by atoms with E-state index < -0.39 is 5.97 Å². The van der Waals surface area contributed by atoms with E-state index in [1.54, 1.807) is 30.3 Å². The summed E-state index contributed by atoms with van der Waals surface area (Å²) in [6.45, 7) is 0.270. The molecule has 34 heavy (non-hydrogen) atoms. The fourth-order valence-electron chi connectivity index (χ4n) is 3.88. The molecule has 1 aromatic heterocycles. The predicted octanol–water partition coefficient (Wildman–Crippen LogP) is 5.22. The lowest BCUT2D eigenvalue weighted by molar-refractivity contribution is -0.137. The van der Waals surface area contributed by atoms with E-state index >= 15 is 0 Å². The van der Waals surface area contributed by atoms with Crippen molar-refractivity contribution >= 4 is 40.6 Å². The van der Waals surface area contributed by atoms with Gasteiger partial charge in [-0.2, -0.15) is 0 Å². The maximum Gasteiger partial charge on any atom is 0.303 e. The van der Waals surface area contributed by atoms with E-state index in [0.29, 0.717) is 22.8 Å². The van der Waals surface area contributed by atoms with E-state index in [9.17, 15) is 9.59 Å². The van der Waals surface area contributed by atoms with Gasteiger partial charge in [0, 0.05) is 12.0 Å². The number of hydrogen-bond acceptors (Lipinski definition) is 5. The zero-order chi connectivity index (χ0) is 23.9. The molecule has 2 aromatic carbocycles. The van der Waals surface area contributed by atoms with Gasteiger partial charge in [-0.3, -0.25) is 9.59 Å². The van der Waals surface area contributed by atoms with Crippen molar-refractivity contribution in [2.75, 3.05) is 5.32 Å². The van der Waals surface area contributed by atoms with Gasteiger partial charge in [-0.05, 0) is 48.7 Å². The van der Waals surface area contributed by atoms with Crippen LogP contribution in [-0.2, 0) is 11.3 Å². The molecule has 1 amide bonds. The van der Waals surface area contributed by atoms with E-state index in [1.807, 2.05) is 36.4 Å². The number of nitrogens with zero attached hydrogens (tertiary/aromatic N) is 2. The van der Waals surface area contributed by atoms with Crippen LogP contribution in [0, 0.1) is 0 Å². The number of carboxylic acid groups (broad SMARTS) is 1. The highest BCUT2D eigenvalue weighted by Crippen LogP contribution is 2.33. The molecule has 3 aromatic rings. The first-order chi connectivity index (χ1) is 16.5. The van der Waals surface area contributed by atoms with Gasteiger partial charge < -0.3 is 15.7 Å². The van der Waals surface area contributed by atoms with E-state index in [2.05, 4.69) is 15.6 Å². The van der Waals surface area contributed by atoms with Gasteiger partial charge in [-0.1, -0.05) is 54.4 Å². The topological polar surface area (TPSA) is 104 Å². The summed E-state index contributed by atoms with van der Waals surface area (Å²) in [7, 11) is 0. The van der Waals surface area contributed by atoms with E-state index in [-0.39, 0.29) is 24.9 Å². The predicted molar refractivity (Wildman–Crippen MR) is 133 cm³/mol. The number of aliphatic carboxylic acids is 1. The first-order valence-corrected chi connectivity index (χ1v) is 11.5. The summed E-state index contributed by atoms with van der Waals surface area (Å²) >= 11 is 5.91. The summed E-state index contributed by atoms with van der Waals surface area (Å²) in [4.78, 5) is 32.7. The molecule has 2 heterocycles. The van der Waals surface area contributed by atoms with Crippen LogP contribution in [0.15, 0.2) is 71.7 Å². The molecule has 0 fully saturated rings. The van der Waals surface area contributed by atoms with Crippen LogP contribution in [0.25, 0.3) is 0 Å². The average Bonchev–Trinajstić information content (AvgIpc) is 2.85. The summed E-state index contributed by atoms with van der Waals surface area (Å²) in [5, 5.41) is 15.7. The minimum Gasteiger partial charge on any atom is -0.481 e. The number of aliphatic imine (C=N–C) groups is 1. The van der Waals surface area contributed by atoms with Crippen LogP contribution >= 0.6 is 11.6 Å². The second-order valence-electron chi connectivity index (χ2n) is 8.07. The normalized spacial score (nSPS) is 14.5. The highest BCUT2D eigenvalue weighted by atomic mass is 35.5. The molecule has 7 nitrogen and oxygen atoms in total. The number of fused-ring (bicyclic) bond motifs is 1. The zero-order valence-electron chi connectivity index (χ0n) is 18.5. The van der Waals surface area contributed by atoms with Gasteiger partial charge >= 0.3 is 5.97 Å². The number of carboxylic acids is 1. The molecule has 3 N–H and O–H groups in total. The van der Waals surface area contributed by atoms with Crippen LogP contribution in [0.4, 0.5) is 11.4 Å². The molecule has 1 unspecified atom stereocenters. The summed E-state index contributed by atoms with van der Waals surface area (Å²) in [6.07, 6.45) is 2.23. The second kappa shape index (κ2) is 10.9. The summed E-state index contributed by atoms with van der Waals surface area (Å²) < 4.78 is 0. The Morgan fingerprint density at radius 3 is 2.62 bits per heavy atom. The number of anilines is 1. The van der Waals surface area contributed by atoms with E-state index in [1.165, 1.54) is 0 Å². The standard InChI is InChI=1S/C26H25ClN4O3/c27-23-11-6-9-19(29-23)16-28-26(34)18-13-14-20-22(15-18)30-21(10-4-5-12-24(32)33)25(31-20)17-7-2-1-3-8-17/h1-3,6-9,11,13-15,21,30H,4-5,10,12,16H2,(H,28,34)(H,32,33). The molecular weight excluding hydrogens is 452 g/mol. The number of rotatable bonds is 9. The van der Waals surface area contributed by atoms with Crippen LogP contribution in [0.2, 0.25) is 5.15 Å². The SMILES string of the molecule is O=C(O)CCCCC1Nc2cc(C(=O)NCc3cccc(Cl)n3)ccc2N=C1c1ccccc1. The van der Waals surface area contributed by atoms with Crippen LogP contribution in [0.1, 0.15) is 47.3 Å². The number of aromatic nitrogens is 1. The summed E-state index contributed by atoms with van der Waals surface area (Å²) in [6, 6.07) is 20.5. The molecule has 0 saturated carbocycles. The highest BCUT2D eigenvalue weighted by molar-refractivity contribution is 6.29. The van der Waals surface area contributed by atoms with Crippen LogP contribution in [0.5, 0.6) is 0 Å². The Hall–Kier alpha value is -3.71. The van der Waals surface area contributed by atoms with Gasteiger partial charge in [0.25, 0.3) is 5.91 Å². The summed E-state index contributed by atoms with van der Waals surface area (Å²) in [5.41, 5.74) is 4.64. The summed E-state index contributed by atoms with van der Waals surface area (Å²) in [5.74, 6) is -1.01. The molecule has 0 radical (unpaired) electrons. The van der Waals surface area contributed by atoms with Gasteiger partial charge in [-0.15, -0.1) is 0 Å². The van der Waals surface area contributed by atoms with Crippen molar-refractivity contribution in [1.29, 1.82) is 0 Å². The molecule has 0 spiro atoms. The molecule has 1 aliphatic rings. The maximum atomic E-state index is 12.7. The Labute approximate surface area is 202 Å². The van der Waals surface area contributed by atoms with E-state index in [4.69, 9.17) is 21.7 Å². The lowest BCUT2D eigenvalue weighted by Crippen LogP contribution is -2.33. The molecule has 174 valence electrons. The number of benzene rings is 2. The maximum absolute atomic E-state index is 12.7. The van der Waals surface area contributed by atoms with Crippen molar-refractivity contribution in [3.05, 3.63) is 88.7 Å². The molecule has 1 aliphatic heterocycles. The molecule has 1 atom stereocenters. The first-order valence-electron chi connectivity index (χ1n) is 11.2. The number of hydrogen-bond donors (Lipinski definition) is 3. The Balaban J connectivity index is 1.51. The third kappa shape index (κ3) is 5.99. The number of nitrogens with one attached hydrogen (secondary N) is 2. The van der Waals surface area contributed by atoms with Gasteiger partial charge in [0.1, 0.15) is 5.15 Å². The number of amides is 1. The number of unbranched alkanes of at least 4 members (excludes halogenated alkanes) is 1. The second-order valence-corrected chi connectivity index (χ2v) is 8.45. The smallest absolute Gasteiger partial charge is 0.303 e. The molecule has 0 saturated heterocycles. The Bertz CT molecular complexity index is 1210. The van der Waals surface area contributed by atoms with E-state index in [0.717, 1.165) is 35.5 Å². The molecule has 4 rings (SSSR count). The van der Waals surface area contributed by atoms with Crippen molar-refractivity contribution in [3.63, 3.8) is 0 Å². The largest absolute Gasteiger partial charge is 0.481 e. The fourth-order valence-corrected chi connectivity index (χ4v) is 4.07. The number of halogens is 1. The van der Waals surface area contributed by atoms with Crippen molar-refractivity contribution in [2.24, 2.45) is 4.99 Å². The van der Waals surface area contributed by atoms with Crippen LogP contribution < -0.4 is 10.6 Å². The zero-order valence-corrected chi connectivity index (χ0v) is 19.3. The number of carbonyl (C=O) groups is 2. The Kier molecular flexibility index (Phi) is 7.54. The third-order valence-corrected chi connectivity index (χ3v) is 5.78. The van der Waals surface area contributed by atoms with Crippen LogP contribution in [0.3, 0.4) is 0 Å². The fraction of sp³-hybridized carbons (Fsp3) is 0.231. The lowest BCUT2D eigenvalue weighted by atomic mass is 9.95. The van der Waals surface area contributed by atoms with Crippen molar-refractivity contribution in [2.45, 2.75) is 38.3 Å². The number of pyridine rings is 1.